The molecule has 84 valence electrons. The number of aromatic nitrogens is 1. The van der Waals surface area contributed by atoms with Crippen molar-refractivity contribution in [3.05, 3.63) is 53.7 Å². The van der Waals surface area contributed by atoms with Crippen molar-refractivity contribution in [1.29, 1.82) is 5.26 Å². The van der Waals surface area contributed by atoms with Gasteiger partial charge in [-0.25, -0.2) is 0 Å². The molecule has 0 amide bonds. The summed E-state index contributed by atoms with van der Waals surface area (Å²) < 4.78 is 5.07. The number of nitriles is 1. The molecule has 1 atom stereocenters. The maximum absolute atomic E-state index is 12.2. The van der Waals surface area contributed by atoms with Crippen molar-refractivity contribution >= 4 is 5.78 Å². The smallest absolute Gasteiger partial charge is 0.187 e. The van der Waals surface area contributed by atoms with Crippen LogP contribution >= 0.6 is 0 Å². The topological polar surface area (TPSA) is 66.9 Å². The summed E-state index contributed by atoms with van der Waals surface area (Å²) in [5.41, 5.74) is 1.10. The first-order chi connectivity index (χ1) is 8.24. The summed E-state index contributed by atoms with van der Waals surface area (Å²) in [4.78, 5) is 16.0. The third-order valence-electron chi connectivity index (χ3n) is 2.56. The molecule has 2 heterocycles. The van der Waals surface area contributed by atoms with E-state index in [0.717, 1.165) is 0 Å². The van der Waals surface area contributed by atoms with Gasteiger partial charge in [0.15, 0.2) is 5.78 Å². The van der Waals surface area contributed by atoms with E-state index in [1.807, 2.05) is 6.07 Å². The summed E-state index contributed by atoms with van der Waals surface area (Å²) in [5.74, 6) is -0.524. The molecule has 0 saturated carbocycles. The van der Waals surface area contributed by atoms with E-state index >= 15 is 0 Å². The molecular weight excluding hydrogens is 216 g/mol. The number of aryl methyl sites for hydroxylation is 1. The molecule has 4 nitrogen and oxygen atoms in total. The van der Waals surface area contributed by atoms with Crippen LogP contribution in [0.4, 0.5) is 0 Å². The maximum Gasteiger partial charge on any atom is 0.187 e. The fourth-order valence-corrected chi connectivity index (χ4v) is 1.64. The second-order valence-corrected chi connectivity index (χ2v) is 3.60. The zero-order chi connectivity index (χ0) is 12.3. The molecule has 0 aromatic carbocycles. The lowest BCUT2D eigenvalue weighted by Gasteiger charge is -2.06. The third kappa shape index (κ3) is 2.08. The first-order valence-electron chi connectivity index (χ1n) is 5.12. The van der Waals surface area contributed by atoms with Gasteiger partial charge >= 0.3 is 0 Å². The quantitative estimate of drug-likeness (QED) is 0.754. The van der Waals surface area contributed by atoms with Crippen molar-refractivity contribution in [3.63, 3.8) is 0 Å². The van der Waals surface area contributed by atoms with Crippen LogP contribution < -0.4 is 0 Å². The van der Waals surface area contributed by atoms with E-state index in [2.05, 4.69) is 4.98 Å². The minimum atomic E-state index is -0.811. The van der Waals surface area contributed by atoms with E-state index < -0.39 is 5.92 Å². The molecule has 0 aliphatic carbocycles. The number of carbonyl (C=O) groups excluding carboxylic acids is 1. The van der Waals surface area contributed by atoms with Crippen LogP contribution in [-0.2, 0) is 0 Å². The average Bonchev–Trinajstić information content (AvgIpc) is 2.77. The second kappa shape index (κ2) is 4.62. The van der Waals surface area contributed by atoms with Crippen molar-refractivity contribution < 1.29 is 9.21 Å². The van der Waals surface area contributed by atoms with Crippen molar-refractivity contribution in [2.24, 2.45) is 0 Å². The Labute approximate surface area is 98.5 Å². The highest BCUT2D eigenvalue weighted by Gasteiger charge is 2.24. The van der Waals surface area contributed by atoms with Gasteiger partial charge in [0.25, 0.3) is 0 Å². The van der Waals surface area contributed by atoms with Crippen molar-refractivity contribution in [3.8, 4) is 6.07 Å². The van der Waals surface area contributed by atoms with Crippen LogP contribution in [0.5, 0.6) is 0 Å². The minimum absolute atomic E-state index is 0.245. The first-order valence-corrected chi connectivity index (χ1v) is 5.12. The van der Waals surface area contributed by atoms with Crippen molar-refractivity contribution in [2.45, 2.75) is 12.8 Å². The van der Waals surface area contributed by atoms with E-state index in [0.29, 0.717) is 16.9 Å². The summed E-state index contributed by atoms with van der Waals surface area (Å²) in [5, 5.41) is 9.12. The Kier molecular flexibility index (Phi) is 3.01. The molecule has 0 fully saturated rings. The second-order valence-electron chi connectivity index (χ2n) is 3.60. The number of hydrogen-bond acceptors (Lipinski definition) is 4. The standard InChI is InChI=1S/C13H10N2O2/c1-9-11(4-7-17-9)13(16)12(8-14)10-2-5-15-6-3-10/h2-7,12H,1H3. The van der Waals surface area contributed by atoms with Gasteiger partial charge in [-0.1, -0.05) is 0 Å². The predicted octanol–water partition coefficient (Wildman–Crippen LogP) is 2.47. The molecule has 4 heteroatoms. The molecule has 0 radical (unpaired) electrons. The molecule has 2 aromatic heterocycles. The summed E-state index contributed by atoms with van der Waals surface area (Å²) in [7, 11) is 0. The first kappa shape index (κ1) is 11.1. The number of rotatable bonds is 3. The van der Waals surface area contributed by atoms with Gasteiger partial charge in [-0.2, -0.15) is 5.26 Å². The zero-order valence-corrected chi connectivity index (χ0v) is 9.25. The van der Waals surface area contributed by atoms with Gasteiger partial charge in [0.05, 0.1) is 17.9 Å². The molecule has 0 aliphatic rings. The van der Waals surface area contributed by atoms with Crippen molar-refractivity contribution in [2.75, 3.05) is 0 Å². The van der Waals surface area contributed by atoms with Gasteiger partial charge in [0, 0.05) is 12.4 Å². The molecule has 0 spiro atoms. The average molecular weight is 226 g/mol. The minimum Gasteiger partial charge on any atom is -0.469 e. The lowest BCUT2D eigenvalue weighted by atomic mass is 9.93. The Morgan fingerprint density at radius 1 is 1.41 bits per heavy atom. The molecule has 0 N–H and O–H groups in total. The van der Waals surface area contributed by atoms with Gasteiger partial charge < -0.3 is 4.42 Å². The van der Waals surface area contributed by atoms with Crippen LogP contribution in [0.25, 0.3) is 0 Å². The number of Topliss-reactive ketones (excluding diaryl/α,β-unsaturated/α-hetero) is 1. The largest absolute Gasteiger partial charge is 0.469 e. The van der Waals surface area contributed by atoms with Gasteiger partial charge in [0.1, 0.15) is 11.7 Å². The van der Waals surface area contributed by atoms with Crippen molar-refractivity contribution in [1.82, 2.24) is 4.98 Å². The van der Waals surface area contributed by atoms with Gasteiger partial charge in [-0.3, -0.25) is 9.78 Å². The molecule has 0 bridgehead atoms. The van der Waals surface area contributed by atoms with Crippen LogP contribution in [0.15, 0.2) is 41.3 Å². The number of pyridine rings is 1. The number of hydrogen-bond donors (Lipinski definition) is 0. The maximum atomic E-state index is 12.2. The molecule has 0 saturated heterocycles. The SMILES string of the molecule is Cc1occc1C(=O)C(C#N)c1ccncc1. The molecular formula is C13H10N2O2. The Morgan fingerprint density at radius 2 is 2.12 bits per heavy atom. The van der Waals surface area contributed by atoms with Gasteiger partial charge in [0.2, 0.25) is 0 Å². The van der Waals surface area contributed by atoms with Gasteiger partial charge in [-0.05, 0) is 30.7 Å². The van der Waals surface area contributed by atoms with Crippen LogP contribution in [0, 0.1) is 18.3 Å². The molecule has 2 aromatic rings. The third-order valence-corrected chi connectivity index (χ3v) is 2.56. The summed E-state index contributed by atoms with van der Waals surface area (Å²) in [6, 6.07) is 6.94. The molecule has 17 heavy (non-hydrogen) atoms. The Hall–Kier alpha value is -2.41. The van der Waals surface area contributed by atoms with Crippen LogP contribution in [0.2, 0.25) is 0 Å². The summed E-state index contributed by atoms with van der Waals surface area (Å²) in [6.07, 6.45) is 4.58. The fraction of sp³-hybridized carbons (Fsp3) is 0.154. The Bertz CT molecular complexity index is 567. The highest BCUT2D eigenvalue weighted by Crippen LogP contribution is 2.22. The Morgan fingerprint density at radius 3 is 2.65 bits per heavy atom. The number of ketones is 1. The van der Waals surface area contributed by atoms with E-state index in [4.69, 9.17) is 9.68 Å². The highest BCUT2D eigenvalue weighted by atomic mass is 16.3. The van der Waals surface area contributed by atoms with E-state index in [1.165, 1.54) is 6.26 Å². The monoisotopic (exact) mass is 226 g/mol. The highest BCUT2D eigenvalue weighted by molar-refractivity contribution is 6.03. The van der Waals surface area contributed by atoms with Gasteiger partial charge in [-0.15, -0.1) is 0 Å². The lowest BCUT2D eigenvalue weighted by molar-refractivity contribution is 0.0977. The van der Waals surface area contributed by atoms with Crippen LogP contribution in [-0.4, -0.2) is 10.8 Å². The van der Waals surface area contributed by atoms with E-state index in [1.54, 1.807) is 37.5 Å². The lowest BCUT2D eigenvalue weighted by Crippen LogP contribution is -2.11. The zero-order valence-electron chi connectivity index (χ0n) is 9.25. The predicted molar refractivity (Wildman–Crippen MR) is 60.4 cm³/mol. The number of carbonyl (C=O) groups is 1. The number of furan rings is 1. The van der Waals surface area contributed by atoms with Crippen LogP contribution in [0.1, 0.15) is 27.6 Å². The molecule has 0 aliphatic heterocycles. The normalized spacial score (nSPS) is 11.8. The summed E-state index contributed by atoms with van der Waals surface area (Å²) in [6.45, 7) is 1.70. The molecule has 1 unspecified atom stereocenters. The summed E-state index contributed by atoms with van der Waals surface area (Å²) >= 11 is 0. The van der Waals surface area contributed by atoms with Crippen LogP contribution in [0.3, 0.4) is 0 Å². The number of nitrogens with zero attached hydrogens (tertiary/aromatic N) is 2. The Balaban J connectivity index is 2.36. The molecule has 2 rings (SSSR count). The van der Waals surface area contributed by atoms with E-state index in [9.17, 15) is 4.79 Å². The fourth-order valence-electron chi connectivity index (χ4n) is 1.64. The van der Waals surface area contributed by atoms with E-state index in [-0.39, 0.29) is 5.78 Å².